The van der Waals surface area contributed by atoms with Gasteiger partial charge in [-0.25, -0.2) is 0 Å². The molecule has 0 heterocycles. The van der Waals surface area contributed by atoms with Crippen LogP contribution in [0.3, 0.4) is 0 Å². The summed E-state index contributed by atoms with van der Waals surface area (Å²) in [4.78, 5) is 0. The maximum atomic E-state index is 9.25. The second kappa shape index (κ2) is 4.35. The molecule has 1 heteroatoms. The molecule has 1 atom stereocenters. The van der Waals surface area contributed by atoms with E-state index in [4.69, 9.17) is 0 Å². The van der Waals surface area contributed by atoms with Gasteiger partial charge in [-0.15, -0.1) is 6.58 Å². The number of hydrogen-bond acceptors (Lipinski definition) is 1. The predicted molar refractivity (Wildman–Crippen MR) is 47.4 cm³/mol. The summed E-state index contributed by atoms with van der Waals surface area (Å²) < 4.78 is 0. The molecule has 0 saturated heterocycles. The van der Waals surface area contributed by atoms with Gasteiger partial charge in [-0.1, -0.05) is 17.7 Å². The zero-order valence-corrected chi connectivity index (χ0v) is 6.92. The van der Waals surface area contributed by atoms with Gasteiger partial charge >= 0.3 is 0 Å². The molecule has 62 valence electrons. The first-order valence-corrected chi connectivity index (χ1v) is 4.31. The Morgan fingerprint density at radius 2 is 2.45 bits per heavy atom. The van der Waals surface area contributed by atoms with Crippen LogP contribution in [0.2, 0.25) is 0 Å². The number of rotatable bonds is 3. The van der Waals surface area contributed by atoms with E-state index in [0.29, 0.717) is 0 Å². The fourth-order valence-electron chi connectivity index (χ4n) is 1.44. The van der Waals surface area contributed by atoms with Crippen LogP contribution < -0.4 is 0 Å². The van der Waals surface area contributed by atoms with E-state index in [9.17, 15) is 5.11 Å². The molecule has 11 heavy (non-hydrogen) atoms. The van der Waals surface area contributed by atoms with Gasteiger partial charge in [0.15, 0.2) is 0 Å². The molecule has 1 unspecified atom stereocenters. The summed E-state index contributed by atoms with van der Waals surface area (Å²) in [6.07, 6.45) is 9.29. The molecular formula is C10H16O. The van der Waals surface area contributed by atoms with Gasteiger partial charge in [0, 0.05) is 0 Å². The van der Waals surface area contributed by atoms with Gasteiger partial charge in [0.05, 0.1) is 6.10 Å². The Morgan fingerprint density at radius 1 is 1.64 bits per heavy atom. The zero-order chi connectivity index (χ0) is 8.10. The Balaban J connectivity index is 2.34. The molecule has 0 saturated carbocycles. The van der Waals surface area contributed by atoms with E-state index in [2.05, 4.69) is 12.7 Å². The second-order valence-corrected chi connectivity index (χ2v) is 3.12. The number of aliphatic hydroxyl groups excluding tert-OH is 1. The first-order chi connectivity index (χ1) is 5.33. The summed E-state index contributed by atoms with van der Waals surface area (Å²) in [5, 5.41) is 9.25. The summed E-state index contributed by atoms with van der Waals surface area (Å²) >= 11 is 0. The minimum atomic E-state index is -0.334. The molecule has 0 bridgehead atoms. The Bertz CT molecular complexity index is 158. The van der Waals surface area contributed by atoms with Crippen molar-refractivity contribution in [1.82, 2.24) is 0 Å². The molecule has 0 aliphatic heterocycles. The van der Waals surface area contributed by atoms with Crippen LogP contribution in [0.5, 0.6) is 0 Å². The topological polar surface area (TPSA) is 20.2 Å². The van der Waals surface area contributed by atoms with Gasteiger partial charge < -0.3 is 5.11 Å². The van der Waals surface area contributed by atoms with Crippen molar-refractivity contribution in [1.29, 1.82) is 0 Å². The van der Waals surface area contributed by atoms with E-state index in [-0.39, 0.29) is 6.10 Å². The SMILES string of the molecule is C=CC(O)CC1=CCCCC1. The molecule has 1 rings (SSSR count). The van der Waals surface area contributed by atoms with E-state index in [1.807, 2.05) is 0 Å². The molecule has 0 aromatic heterocycles. The summed E-state index contributed by atoms with van der Waals surface area (Å²) in [6.45, 7) is 3.55. The maximum absolute atomic E-state index is 9.25. The fourth-order valence-corrected chi connectivity index (χ4v) is 1.44. The van der Waals surface area contributed by atoms with Crippen LogP contribution in [-0.4, -0.2) is 11.2 Å². The maximum Gasteiger partial charge on any atom is 0.0755 e. The molecule has 0 fully saturated rings. The highest BCUT2D eigenvalue weighted by Gasteiger charge is 2.06. The molecular weight excluding hydrogens is 136 g/mol. The quantitative estimate of drug-likeness (QED) is 0.616. The van der Waals surface area contributed by atoms with Crippen molar-refractivity contribution in [3.05, 3.63) is 24.3 Å². The highest BCUT2D eigenvalue weighted by atomic mass is 16.3. The molecule has 1 nitrogen and oxygen atoms in total. The largest absolute Gasteiger partial charge is 0.389 e. The van der Waals surface area contributed by atoms with Crippen LogP contribution in [-0.2, 0) is 0 Å². The van der Waals surface area contributed by atoms with Crippen molar-refractivity contribution >= 4 is 0 Å². The van der Waals surface area contributed by atoms with Crippen LogP contribution >= 0.6 is 0 Å². The van der Waals surface area contributed by atoms with Gasteiger partial charge in [-0.05, 0) is 32.1 Å². The van der Waals surface area contributed by atoms with Gasteiger partial charge in [-0.2, -0.15) is 0 Å². The standard InChI is InChI=1S/C10H16O/c1-2-10(11)8-9-6-4-3-5-7-9/h2,6,10-11H,1,3-5,7-8H2. The summed E-state index contributed by atoms with van der Waals surface area (Å²) in [5.41, 5.74) is 1.41. The highest BCUT2D eigenvalue weighted by molar-refractivity contribution is 5.07. The molecule has 0 aromatic carbocycles. The van der Waals surface area contributed by atoms with Crippen molar-refractivity contribution < 1.29 is 5.11 Å². The van der Waals surface area contributed by atoms with E-state index in [0.717, 1.165) is 6.42 Å². The fraction of sp³-hybridized carbons (Fsp3) is 0.600. The molecule has 1 aliphatic carbocycles. The first-order valence-electron chi connectivity index (χ1n) is 4.31. The summed E-state index contributed by atoms with van der Waals surface area (Å²) in [7, 11) is 0. The van der Waals surface area contributed by atoms with Crippen molar-refractivity contribution in [3.63, 3.8) is 0 Å². The Labute approximate surface area is 68.4 Å². The zero-order valence-electron chi connectivity index (χ0n) is 6.92. The Morgan fingerprint density at radius 3 is 3.00 bits per heavy atom. The van der Waals surface area contributed by atoms with Crippen LogP contribution in [0.1, 0.15) is 32.1 Å². The Kier molecular flexibility index (Phi) is 3.37. The van der Waals surface area contributed by atoms with Gasteiger partial charge in [0.25, 0.3) is 0 Å². The molecule has 0 amide bonds. The lowest BCUT2D eigenvalue weighted by atomic mass is 9.95. The molecule has 1 N–H and O–H groups in total. The first kappa shape index (κ1) is 8.54. The van der Waals surface area contributed by atoms with Crippen LogP contribution in [0.25, 0.3) is 0 Å². The smallest absolute Gasteiger partial charge is 0.0755 e. The van der Waals surface area contributed by atoms with E-state index < -0.39 is 0 Å². The van der Waals surface area contributed by atoms with E-state index >= 15 is 0 Å². The summed E-state index contributed by atoms with van der Waals surface area (Å²) in [5.74, 6) is 0. The Hall–Kier alpha value is -0.560. The third-order valence-corrected chi connectivity index (χ3v) is 2.13. The number of hydrogen-bond donors (Lipinski definition) is 1. The van der Waals surface area contributed by atoms with Crippen LogP contribution in [0.15, 0.2) is 24.3 Å². The lowest BCUT2D eigenvalue weighted by Crippen LogP contribution is -2.04. The summed E-state index contributed by atoms with van der Waals surface area (Å²) in [6, 6.07) is 0. The normalized spacial score (nSPS) is 20.6. The molecule has 0 aromatic rings. The minimum absolute atomic E-state index is 0.334. The van der Waals surface area contributed by atoms with Gasteiger partial charge in [0.1, 0.15) is 0 Å². The number of aliphatic hydroxyl groups is 1. The van der Waals surface area contributed by atoms with Crippen molar-refractivity contribution in [3.8, 4) is 0 Å². The van der Waals surface area contributed by atoms with E-state index in [1.165, 1.54) is 31.3 Å². The van der Waals surface area contributed by atoms with Gasteiger partial charge in [-0.3, -0.25) is 0 Å². The van der Waals surface area contributed by atoms with Crippen LogP contribution in [0.4, 0.5) is 0 Å². The average Bonchev–Trinajstić information content (AvgIpc) is 2.06. The highest BCUT2D eigenvalue weighted by Crippen LogP contribution is 2.21. The number of allylic oxidation sites excluding steroid dienone is 1. The lowest BCUT2D eigenvalue weighted by Gasteiger charge is -2.13. The van der Waals surface area contributed by atoms with Crippen molar-refractivity contribution in [2.45, 2.75) is 38.2 Å². The van der Waals surface area contributed by atoms with Crippen LogP contribution in [0, 0.1) is 0 Å². The predicted octanol–water partition coefficient (Wildman–Crippen LogP) is 2.42. The van der Waals surface area contributed by atoms with Crippen molar-refractivity contribution in [2.75, 3.05) is 0 Å². The molecule has 1 aliphatic rings. The average molecular weight is 152 g/mol. The molecule has 0 radical (unpaired) electrons. The van der Waals surface area contributed by atoms with Crippen molar-refractivity contribution in [2.24, 2.45) is 0 Å². The molecule has 0 spiro atoms. The third-order valence-electron chi connectivity index (χ3n) is 2.13. The van der Waals surface area contributed by atoms with Gasteiger partial charge in [0.2, 0.25) is 0 Å². The minimum Gasteiger partial charge on any atom is -0.389 e. The van der Waals surface area contributed by atoms with E-state index in [1.54, 1.807) is 6.08 Å². The third kappa shape index (κ3) is 2.89. The second-order valence-electron chi connectivity index (χ2n) is 3.12. The monoisotopic (exact) mass is 152 g/mol. The lowest BCUT2D eigenvalue weighted by molar-refractivity contribution is 0.222.